The molecule has 7 heteroatoms. The maximum Gasteiger partial charge on any atom is 0.230 e. The first-order valence-electron chi connectivity index (χ1n) is 10.1. The Kier molecular flexibility index (Phi) is 5.55. The van der Waals surface area contributed by atoms with Gasteiger partial charge in [0.1, 0.15) is 5.82 Å². The van der Waals surface area contributed by atoms with E-state index in [1.165, 1.54) is 0 Å². The highest BCUT2D eigenvalue weighted by molar-refractivity contribution is 5.94. The second kappa shape index (κ2) is 8.28. The first-order chi connectivity index (χ1) is 14.4. The van der Waals surface area contributed by atoms with Crippen LogP contribution in [-0.4, -0.2) is 37.3 Å². The number of nitrogens with zero attached hydrogens (tertiary/aromatic N) is 5. The molecule has 0 unspecified atom stereocenters. The molecule has 0 saturated carbocycles. The molecule has 1 N–H and O–H groups in total. The van der Waals surface area contributed by atoms with E-state index in [-0.39, 0.29) is 5.91 Å². The maximum absolute atomic E-state index is 12.4. The summed E-state index contributed by atoms with van der Waals surface area (Å²) in [5.74, 6) is 1.31. The Bertz CT molecular complexity index is 1050. The minimum absolute atomic E-state index is 0.0391. The van der Waals surface area contributed by atoms with E-state index in [1.54, 1.807) is 18.6 Å². The van der Waals surface area contributed by atoms with E-state index in [0.29, 0.717) is 12.4 Å². The molecule has 0 aromatic carbocycles. The van der Waals surface area contributed by atoms with Crippen molar-refractivity contribution >= 4 is 11.7 Å². The number of anilines is 1. The molecule has 4 rings (SSSR count). The van der Waals surface area contributed by atoms with Crippen LogP contribution < -0.4 is 5.32 Å². The van der Waals surface area contributed by atoms with Gasteiger partial charge in [-0.05, 0) is 18.2 Å². The van der Waals surface area contributed by atoms with Gasteiger partial charge >= 0.3 is 0 Å². The summed E-state index contributed by atoms with van der Waals surface area (Å²) in [6.07, 6.45) is 8.02. The van der Waals surface area contributed by atoms with Crippen LogP contribution in [-0.2, 0) is 24.3 Å². The van der Waals surface area contributed by atoms with Crippen LogP contribution in [0.3, 0.4) is 0 Å². The van der Waals surface area contributed by atoms with Crippen LogP contribution in [0.25, 0.3) is 11.4 Å². The lowest BCUT2D eigenvalue weighted by molar-refractivity contribution is -0.123. The second-order valence-electron chi connectivity index (χ2n) is 8.58. The van der Waals surface area contributed by atoms with Crippen molar-refractivity contribution in [3.63, 3.8) is 0 Å². The molecule has 1 aliphatic rings. The third-order valence-corrected chi connectivity index (χ3v) is 5.13. The summed E-state index contributed by atoms with van der Waals surface area (Å²) < 4.78 is 0. The molecular formula is C23H26N6O. The van der Waals surface area contributed by atoms with Gasteiger partial charge < -0.3 is 5.32 Å². The zero-order valence-corrected chi connectivity index (χ0v) is 17.6. The first-order valence-corrected chi connectivity index (χ1v) is 10.1. The van der Waals surface area contributed by atoms with E-state index in [2.05, 4.69) is 25.2 Å². The summed E-state index contributed by atoms with van der Waals surface area (Å²) in [6, 6.07) is 7.79. The van der Waals surface area contributed by atoms with E-state index >= 15 is 0 Å². The second-order valence-corrected chi connectivity index (χ2v) is 8.58. The van der Waals surface area contributed by atoms with Gasteiger partial charge in [-0.1, -0.05) is 26.8 Å². The number of pyridine rings is 2. The number of rotatable bonds is 4. The van der Waals surface area contributed by atoms with Gasteiger partial charge in [0.15, 0.2) is 5.82 Å². The molecule has 4 heterocycles. The SMILES string of the molecule is CC(C)(C)C(=O)Nc1ncccc1CN1CCc2nc(-c3cccnc3)ncc2C1. The van der Waals surface area contributed by atoms with Crippen molar-refractivity contribution < 1.29 is 4.79 Å². The van der Waals surface area contributed by atoms with Crippen molar-refractivity contribution in [2.45, 2.75) is 40.3 Å². The molecule has 0 saturated heterocycles. The van der Waals surface area contributed by atoms with Gasteiger partial charge in [-0.25, -0.2) is 15.0 Å². The van der Waals surface area contributed by atoms with Crippen molar-refractivity contribution in [2.75, 3.05) is 11.9 Å². The topological polar surface area (TPSA) is 83.9 Å². The van der Waals surface area contributed by atoms with Crippen molar-refractivity contribution in [1.29, 1.82) is 0 Å². The van der Waals surface area contributed by atoms with Gasteiger partial charge in [0, 0.05) is 72.9 Å². The van der Waals surface area contributed by atoms with Crippen LogP contribution in [0.4, 0.5) is 5.82 Å². The summed E-state index contributed by atoms with van der Waals surface area (Å²) in [4.78, 5) is 32.6. The minimum Gasteiger partial charge on any atom is -0.310 e. The van der Waals surface area contributed by atoms with E-state index in [9.17, 15) is 4.79 Å². The largest absolute Gasteiger partial charge is 0.310 e. The number of carbonyl (C=O) groups is 1. The average Bonchev–Trinajstić information content (AvgIpc) is 2.74. The van der Waals surface area contributed by atoms with Crippen molar-refractivity contribution in [3.05, 3.63) is 65.9 Å². The highest BCUT2D eigenvalue weighted by atomic mass is 16.2. The van der Waals surface area contributed by atoms with E-state index in [4.69, 9.17) is 4.98 Å². The number of carbonyl (C=O) groups excluding carboxylic acids is 1. The minimum atomic E-state index is -0.470. The van der Waals surface area contributed by atoms with Gasteiger partial charge in [0.25, 0.3) is 0 Å². The zero-order valence-electron chi connectivity index (χ0n) is 17.6. The van der Waals surface area contributed by atoms with E-state index in [0.717, 1.165) is 47.7 Å². The Morgan fingerprint density at radius 1 is 1.13 bits per heavy atom. The highest BCUT2D eigenvalue weighted by Gasteiger charge is 2.24. The molecule has 0 bridgehead atoms. The molecule has 1 amide bonds. The van der Waals surface area contributed by atoms with Gasteiger partial charge in [-0.2, -0.15) is 0 Å². The van der Waals surface area contributed by atoms with Crippen LogP contribution in [0, 0.1) is 5.41 Å². The summed E-state index contributed by atoms with van der Waals surface area (Å²) in [7, 11) is 0. The number of amides is 1. The third-order valence-electron chi connectivity index (χ3n) is 5.13. The van der Waals surface area contributed by atoms with Crippen LogP contribution in [0.15, 0.2) is 49.1 Å². The summed E-state index contributed by atoms with van der Waals surface area (Å²) in [6.45, 7) is 8.05. The molecule has 154 valence electrons. The van der Waals surface area contributed by atoms with Gasteiger partial charge in [0.2, 0.25) is 5.91 Å². The van der Waals surface area contributed by atoms with Crippen LogP contribution >= 0.6 is 0 Å². The molecule has 0 spiro atoms. The standard InChI is InChI=1S/C23H26N6O/c1-23(2,3)22(30)28-21-17(7-5-10-25-21)14-29-11-8-19-18(15-29)13-26-20(27-19)16-6-4-9-24-12-16/h4-7,9-10,12-13H,8,11,14-15H2,1-3H3,(H,25,28,30). The predicted octanol–water partition coefficient (Wildman–Crippen LogP) is 3.48. The fraction of sp³-hybridized carbons (Fsp3) is 0.348. The van der Waals surface area contributed by atoms with Gasteiger partial charge in [-0.3, -0.25) is 14.7 Å². The van der Waals surface area contributed by atoms with Crippen LogP contribution in [0.1, 0.15) is 37.6 Å². The molecule has 1 aliphatic heterocycles. The maximum atomic E-state index is 12.4. The number of aromatic nitrogens is 4. The molecule has 3 aromatic heterocycles. The lowest BCUT2D eigenvalue weighted by Gasteiger charge is -2.28. The molecule has 30 heavy (non-hydrogen) atoms. The number of hydrogen-bond donors (Lipinski definition) is 1. The summed E-state index contributed by atoms with van der Waals surface area (Å²) in [5, 5.41) is 2.98. The van der Waals surface area contributed by atoms with E-state index < -0.39 is 5.41 Å². The number of nitrogens with one attached hydrogen (secondary N) is 1. The summed E-state index contributed by atoms with van der Waals surface area (Å²) in [5.41, 5.74) is 3.69. The molecule has 0 aliphatic carbocycles. The Morgan fingerprint density at radius 3 is 2.73 bits per heavy atom. The van der Waals surface area contributed by atoms with Gasteiger partial charge in [0.05, 0.1) is 5.69 Å². The Hall–Kier alpha value is -3.19. The van der Waals surface area contributed by atoms with Crippen molar-refractivity contribution in [1.82, 2.24) is 24.8 Å². The number of fused-ring (bicyclic) bond motifs is 1. The Morgan fingerprint density at radius 2 is 1.97 bits per heavy atom. The molecule has 0 radical (unpaired) electrons. The lowest BCUT2D eigenvalue weighted by Crippen LogP contribution is -2.32. The zero-order chi connectivity index (χ0) is 21.1. The van der Waals surface area contributed by atoms with Crippen molar-refractivity contribution in [3.8, 4) is 11.4 Å². The normalized spacial score (nSPS) is 14.2. The Balaban J connectivity index is 1.48. The van der Waals surface area contributed by atoms with Crippen molar-refractivity contribution in [2.24, 2.45) is 5.41 Å². The lowest BCUT2D eigenvalue weighted by atomic mass is 9.95. The van der Waals surface area contributed by atoms with Gasteiger partial charge in [-0.15, -0.1) is 0 Å². The predicted molar refractivity (Wildman–Crippen MR) is 115 cm³/mol. The Labute approximate surface area is 176 Å². The first kappa shape index (κ1) is 20.1. The fourth-order valence-corrected chi connectivity index (χ4v) is 3.36. The summed E-state index contributed by atoms with van der Waals surface area (Å²) >= 11 is 0. The molecule has 0 atom stereocenters. The molecule has 7 nitrogen and oxygen atoms in total. The molecule has 3 aromatic rings. The van der Waals surface area contributed by atoms with Crippen LogP contribution in [0.2, 0.25) is 0 Å². The van der Waals surface area contributed by atoms with Crippen LogP contribution in [0.5, 0.6) is 0 Å². The smallest absolute Gasteiger partial charge is 0.230 e. The number of hydrogen-bond acceptors (Lipinski definition) is 6. The van der Waals surface area contributed by atoms with E-state index in [1.807, 2.05) is 51.2 Å². The monoisotopic (exact) mass is 402 g/mol. The highest BCUT2D eigenvalue weighted by Crippen LogP contribution is 2.24. The quantitative estimate of drug-likeness (QED) is 0.719. The fourth-order valence-electron chi connectivity index (χ4n) is 3.36. The third kappa shape index (κ3) is 4.52. The molecular weight excluding hydrogens is 376 g/mol. The average molecular weight is 403 g/mol. The molecule has 0 fully saturated rings.